The van der Waals surface area contributed by atoms with Gasteiger partial charge in [-0.25, -0.2) is 0 Å². The standard InChI is InChI=1S/C15H15NO2S/c17-14(18)10-16-8-7-11-4-1-2-5-12(11)15(16)13-6-3-9-19-13/h1-6,9,15H,7-8,10H2,(H,17,18). The van der Waals surface area contributed by atoms with E-state index in [1.54, 1.807) is 11.3 Å². The summed E-state index contributed by atoms with van der Waals surface area (Å²) in [4.78, 5) is 14.3. The number of carboxylic acid groups (broad SMARTS) is 1. The molecule has 1 N–H and O–H groups in total. The first-order chi connectivity index (χ1) is 9.25. The molecule has 19 heavy (non-hydrogen) atoms. The zero-order chi connectivity index (χ0) is 13.2. The largest absolute Gasteiger partial charge is 0.480 e. The number of carboxylic acids is 1. The Balaban J connectivity index is 2.03. The minimum absolute atomic E-state index is 0.0843. The molecule has 0 amide bonds. The number of fused-ring (bicyclic) bond motifs is 1. The van der Waals surface area contributed by atoms with Crippen LogP contribution in [-0.4, -0.2) is 29.1 Å². The smallest absolute Gasteiger partial charge is 0.317 e. The van der Waals surface area contributed by atoms with Crippen LogP contribution in [0.4, 0.5) is 0 Å². The number of benzene rings is 1. The molecule has 1 unspecified atom stereocenters. The molecule has 0 aliphatic carbocycles. The normalized spacial score (nSPS) is 19.1. The summed E-state index contributed by atoms with van der Waals surface area (Å²) >= 11 is 1.69. The van der Waals surface area contributed by atoms with Crippen molar-refractivity contribution in [2.45, 2.75) is 12.5 Å². The van der Waals surface area contributed by atoms with Crippen molar-refractivity contribution in [1.82, 2.24) is 4.90 Å². The van der Waals surface area contributed by atoms with Crippen LogP contribution in [0.5, 0.6) is 0 Å². The van der Waals surface area contributed by atoms with E-state index in [1.807, 2.05) is 17.5 Å². The highest BCUT2D eigenvalue weighted by atomic mass is 32.1. The highest BCUT2D eigenvalue weighted by Gasteiger charge is 2.30. The highest BCUT2D eigenvalue weighted by molar-refractivity contribution is 7.10. The molecule has 0 bridgehead atoms. The van der Waals surface area contributed by atoms with Crippen LogP contribution in [0.3, 0.4) is 0 Å². The predicted molar refractivity (Wildman–Crippen MR) is 75.5 cm³/mol. The van der Waals surface area contributed by atoms with E-state index < -0.39 is 5.97 Å². The summed E-state index contributed by atoms with van der Waals surface area (Å²) in [5, 5.41) is 11.1. The molecular weight excluding hydrogens is 258 g/mol. The lowest BCUT2D eigenvalue weighted by Crippen LogP contribution is -2.39. The van der Waals surface area contributed by atoms with Gasteiger partial charge in [-0.15, -0.1) is 11.3 Å². The monoisotopic (exact) mass is 273 g/mol. The van der Waals surface area contributed by atoms with Crippen LogP contribution in [0, 0.1) is 0 Å². The lowest BCUT2D eigenvalue weighted by atomic mass is 9.91. The van der Waals surface area contributed by atoms with Crippen molar-refractivity contribution in [1.29, 1.82) is 0 Å². The van der Waals surface area contributed by atoms with Gasteiger partial charge in [0.25, 0.3) is 0 Å². The fourth-order valence-electron chi connectivity index (χ4n) is 2.74. The molecule has 4 heteroatoms. The first-order valence-electron chi connectivity index (χ1n) is 6.33. The summed E-state index contributed by atoms with van der Waals surface area (Å²) in [7, 11) is 0. The van der Waals surface area contributed by atoms with Crippen LogP contribution in [0.15, 0.2) is 41.8 Å². The van der Waals surface area contributed by atoms with Gasteiger partial charge >= 0.3 is 5.97 Å². The van der Waals surface area contributed by atoms with Gasteiger partial charge in [0.2, 0.25) is 0 Å². The van der Waals surface area contributed by atoms with Gasteiger partial charge in [0, 0.05) is 11.4 Å². The third-order valence-corrected chi connectivity index (χ3v) is 4.46. The van der Waals surface area contributed by atoms with Gasteiger partial charge in [-0.3, -0.25) is 9.69 Å². The summed E-state index contributed by atoms with van der Waals surface area (Å²) in [5.74, 6) is -0.763. The van der Waals surface area contributed by atoms with Crippen molar-refractivity contribution in [3.05, 3.63) is 57.8 Å². The molecule has 3 nitrogen and oxygen atoms in total. The Bertz CT molecular complexity index is 580. The van der Waals surface area contributed by atoms with Crippen LogP contribution in [0.2, 0.25) is 0 Å². The van der Waals surface area contributed by atoms with Crippen LogP contribution in [0.25, 0.3) is 0 Å². The molecule has 1 atom stereocenters. The lowest BCUT2D eigenvalue weighted by Gasteiger charge is -2.35. The van der Waals surface area contributed by atoms with Gasteiger partial charge in [-0.2, -0.15) is 0 Å². The molecule has 3 rings (SSSR count). The maximum atomic E-state index is 11.1. The zero-order valence-corrected chi connectivity index (χ0v) is 11.3. The molecule has 0 radical (unpaired) electrons. The van der Waals surface area contributed by atoms with E-state index in [1.165, 1.54) is 16.0 Å². The molecular formula is C15H15NO2S. The third-order valence-electron chi connectivity index (χ3n) is 3.53. The zero-order valence-electron chi connectivity index (χ0n) is 10.5. The molecule has 0 saturated carbocycles. The molecule has 1 aliphatic heterocycles. The van der Waals surface area contributed by atoms with Gasteiger partial charge < -0.3 is 5.11 Å². The van der Waals surface area contributed by atoms with Gasteiger partial charge in [0.15, 0.2) is 0 Å². The Morgan fingerprint density at radius 2 is 2.16 bits per heavy atom. The maximum Gasteiger partial charge on any atom is 0.317 e. The quantitative estimate of drug-likeness (QED) is 0.935. The molecule has 0 fully saturated rings. The first kappa shape index (κ1) is 12.4. The van der Waals surface area contributed by atoms with Gasteiger partial charge in [0.05, 0.1) is 12.6 Å². The second kappa shape index (κ2) is 5.15. The molecule has 1 aliphatic rings. The van der Waals surface area contributed by atoms with E-state index >= 15 is 0 Å². The second-order valence-corrected chi connectivity index (χ2v) is 5.71. The minimum atomic E-state index is -0.763. The lowest BCUT2D eigenvalue weighted by molar-refractivity contribution is -0.138. The van der Waals surface area contributed by atoms with Crippen molar-refractivity contribution < 1.29 is 9.90 Å². The Kier molecular flexibility index (Phi) is 3.36. The third kappa shape index (κ3) is 2.41. The first-order valence-corrected chi connectivity index (χ1v) is 7.21. The van der Waals surface area contributed by atoms with E-state index in [9.17, 15) is 4.79 Å². The van der Waals surface area contributed by atoms with E-state index in [0.717, 1.165) is 13.0 Å². The van der Waals surface area contributed by atoms with Crippen LogP contribution in [-0.2, 0) is 11.2 Å². The summed E-state index contributed by atoms with van der Waals surface area (Å²) in [6.07, 6.45) is 0.922. The topological polar surface area (TPSA) is 40.5 Å². The number of aliphatic carboxylic acids is 1. The second-order valence-electron chi connectivity index (χ2n) is 4.73. The molecule has 98 valence electrons. The SMILES string of the molecule is O=C(O)CN1CCc2ccccc2C1c1cccs1. The summed E-state index contributed by atoms with van der Waals surface area (Å²) in [6, 6.07) is 12.5. The van der Waals surface area contributed by atoms with Crippen molar-refractivity contribution in [2.75, 3.05) is 13.1 Å². The summed E-state index contributed by atoms with van der Waals surface area (Å²) < 4.78 is 0. The molecule has 2 heterocycles. The van der Waals surface area contributed by atoms with Gasteiger partial charge in [-0.1, -0.05) is 30.3 Å². The highest BCUT2D eigenvalue weighted by Crippen LogP contribution is 2.36. The fourth-order valence-corrected chi connectivity index (χ4v) is 3.62. The Hall–Kier alpha value is -1.65. The Morgan fingerprint density at radius 1 is 1.32 bits per heavy atom. The van der Waals surface area contributed by atoms with E-state index in [2.05, 4.69) is 29.2 Å². The van der Waals surface area contributed by atoms with E-state index in [0.29, 0.717) is 0 Å². The minimum Gasteiger partial charge on any atom is -0.480 e. The van der Waals surface area contributed by atoms with Crippen molar-refractivity contribution >= 4 is 17.3 Å². The Labute approximate surface area is 116 Å². The van der Waals surface area contributed by atoms with E-state index in [4.69, 9.17) is 5.11 Å². The van der Waals surface area contributed by atoms with E-state index in [-0.39, 0.29) is 12.6 Å². The van der Waals surface area contributed by atoms with Crippen LogP contribution >= 0.6 is 11.3 Å². The number of carbonyl (C=O) groups is 1. The molecule has 1 aromatic carbocycles. The maximum absolute atomic E-state index is 11.1. The van der Waals surface area contributed by atoms with Crippen molar-refractivity contribution in [2.24, 2.45) is 0 Å². The predicted octanol–water partition coefficient (Wildman–Crippen LogP) is 2.78. The van der Waals surface area contributed by atoms with Crippen LogP contribution < -0.4 is 0 Å². The number of hydrogen-bond donors (Lipinski definition) is 1. The average Bonchev–Trinajstić information content (AvgIpc) is 2.91. The molecule has 2 aromatic rings. The van der Waals surface area contributed by atoms with Gasteiger partial charge in [-0.05, 0) is 29.0 Å². The summed E-state index contributed by atoms with van der Waals surface area (Å²) in [5.41, 5.74) is 2.58. The number of hydrogen-bond acceptors (Lipinski definition) is 3. The fraction of sp³-hybridized carbons (Fsp3) is 0.267. The van der Waals surface area contributed by atoms with Gasteiger partial charge in [0.1, 0.15) is 0 Å². The number of rotatable bonds is 3. The number of thiophene rings is 1. The Morgan fingerprint density at radius 3 is 2.89 bits per heavy atom. The summed E-state index contributed by atoms with van der Waals surface area (Å²) in [6.45, 7) is 0.892. The molecule has 0 saturated heterocycles. The molecule has 0 spiro atoms. The van der Waals surface area contributed by atoms with Crippen molar-refractivity contribution in [3.63, 3.8) is 0 Å². The average molecular weight is 273 g/mol. The van der Waals surface area contributed by atoms with Crippen LogP contribution in [0.1, 0.15) is 22.0 Å². The molecule has 1 aromatic heterocycles. The van der Waals surface area contributed by atoms with Crippen molar-refractivity contribution in [3.8, 4) is 0 Å². The number of nitrogens with zero attached hydrogens (tertiary/aromatic N) is 1.